The highest BCUT2D eigenvalue weighted by Gasteiger charge is 2.24. The number of Topliss-reactive ketones (excluding diaryl/α,β-unsaturated/α-hetero) is 1. The van der Waals surface area contributed by atoms with Gasteiger partial charge in [0.1, 0.15) is 16.8 Å². The zero-order chi connectivity index (χ0) is 23.4. The minimum Gasteiger partial charge on any atom is -0.497 e. The average Bonchev–Trinajstić information content (AvgIpc) is 3.31. The largest absolute Gasteiger partial charge is 0.497 e. The standard InChI is InChI=1S/C25H17N3O4S/c1-32-19-9-6-17(7-10-19)24(29)20(12-15-2-4-16(14-26)5-3-15)23(25(30)31)18-8-11-21-22(13-18)28-33-27-21/h2-11,13H,12H2,1H3,(H,30,31)/b23-20+. The fraction of sp³-hybridized carbons (Fsp3) is 0.0800. The number of benzene rings is 3. The summed E-state index contributed by atoms with van der Waals surface area (Å²) in [6, 6.07) is 20.2. The first-order valence-corrected chi connectivity index (χ1v) is 10.6. The fourth-order valence-electron chi connectivity index (χ4n) is 3.46. The van der Waals surface area contributed by atoms with Crippen LogP contribution in [-0.4, -0.2) is 32.7 Å². The van der Waals surface area contributed by atoms with Crippen molar-refractivity contribution in [2.75, 3.05) is 7.11 Å². The van der Waals surface area contributed by atoms with Gasteiger partial charge in [-0.1, -0.05) is 18.2 Å². The van der Waals surface area contributed by atoms with Crippen LogP contribution in [0.25, 0.3) is 16.6 Å². The number of aliphatic carboxylic acids is 1. The van der Waals surface area contributed by atoms with Crippen LogP contribution in [0.3, 0.4) is 0 Å². The number of methoxy groups -OCH3 is 1. The van der Waals surface area contributed by atoms with Gasteiger partial charge in [-0.25, -0.2) is 4.79 Å². The number of carbonyl (C=O) groups is 2. The summed E-state index contributed by atoms with van der Waals surface area (Å²) in [5, 5.41) is 19.2. The molecule has 0 saturated heterocycles. The molecule has 4 rings (SSSR count). The molecule has 8 heteroatoms. The lowest BCUT2D eigenvalue weighted by Crippen LogP contribution is -2.14. The minimum absolute atomic E-state index is 0.0750. The van der Waals surface area contributed by atoms with Gasteiger partial charge in [-0.15, -0.1) is 0 Å². The highest BCUT2D eigenvalue weighted by molar-refractivity contribution is 7.00. The van der Waals surface area contributed by atoms with Crippen LogP contribution in [0, 0.1) is 11.3 Å². The summed E-state index contributed by atoms with van der Waals surface area (Å²) in [4.78, 5) is 26.0. The Bertz CT molecular complexity index is 1410. The molecular weight excluding hydrogens is 438 g/mol. The minimum atomic E-state index is -1.22. The summed E-state index contributed by atoms with van der Waals surface area (Å²) in [6.07, 6.45) is 0.0750. The molecule has 162 valence electrons. The second kappa shape index (κ2) is 9.42. The van der Waals surface area contributed by atoms with E-state index in [4.69, 9.17) is 10.00 Å². The topological polar surface area (TPSA) is 113 Å². The van der Waals surface area contributed by atoms with Crippen LogP contribution in [0.5, 0.6) is 5.75 Å². The maximum absolute atomic E-state index is 13.6. The Morgan fingerprint density at radius 2 is 1.64 bits per heavy atom. The maximum atomic E-state index is 13.6. The van der Waals surface area contributed by atoms with Gasteiger partial charge in [-0.3, -0.25) is 4.79 Å². The summed E-state index contributed by atoms with van der Waals surface area (Å²) in [5.74, 6) is -1.04. The van der Waals surface area contributed by atoms with Crippen molar-refractivity contribution in [1.29, 1.82) is 5.26 Å². The van der Waals surface area contributed by atoms with E-state index < -0.39 is 11.8 Å². The van der Waals surface area contributed by atoms with Gasteiger partial charge < -0.3 is 9.84 Å². The first-order chi connectivity index (χ1) is 16.0. The molecule has 0 aliphatic heterocycles. The van der Waals surface area contributed by atoms with E-state index in [-0.39, 0.29) is 17.6 Å². The van der Waals surface area contributed by atoms with E-state index in [0.717, 1.165) is 11.7 Å². The molecule has 0 aliphatic rings. The van der Waals surface area contributed by atoms with Gasteiger partial charge in [0.05, 0.1) is 36.0 Å². The second-order valence-electron chi connectivity index (χ2n) is 7.17. The van der Waals surface area contributed by atoms with Crippen molar-refractivity contribution in [1.82, 2.24) is 8.75 Å². The summed E-state index contributed by atoms with van der Waals surface area (Å²) >= 11 is 1.03. The van der Waals surface area contributed by atoms with Crippen molar-refractivity contribution in [3.8, 4) is 11.8 Å². The predicted molar refractivity (Wildman–Crippen MR) is 124 cm³/mol. The van der Waals surface area contributed by atoms with Crippen LogP contribution in [-0.2, 0) is 11.2 Å². The molecule has 0 radical (unpaired) electrons. The van der Waals surface area contributed by atoms with Crippen LogP contribution in [0.1, 0.15) is 27.0 Å². The van der Waals surface area contributed by atoms with Gasteiger partial charge >= 0.3 is 5.97 Å². The van der Waals surface area contributed by atoms with Crippen LogP contribution < -0.4 is 4.74 Å². The Kier molecular flexibility index (Phi) is 6.24. The number of ketones is 1. The molecule has 1 N–H and O–H groups in total. The van der Waals surface area contributed by atoms with Crippen molar-refractivity contribution in [3.63, 3.8) is 0 Å². The number of fused-ring (bicyclic) bond motifs is 1. The lowest BCUT2D eigenvalue weighted by Gasteiger charge is -2.13. The van der Waals surface area contributed by atoms with E-state index in [1.54, 1.807) is 66.7 Å². The molecule has 1 heterocycles. The second-order valence-corrected chi connectivity index (χ2v) is 7.70. The van der Waals surface area contributed by atoms with Crippen molar-refractivity contribution >= 4 is 40.1 Å². The van der Waals surface area contributed by atoms with Crippen molar-refractivity contribution in [2.24, 2.45) is 0 Å². The number of allylic oxidation sites excluding steroid dienone is 1. The maximum Gasteiger partial charge on any atom is 0.336 e. The van der Waals surface area contributed by atoms with E-state index in [2.05, 4.69) is 14.8 Å². The smallest absolute Gasteiger partial charge is 0.336 e. The number of hydrogen-bond donors (Lipinski definition) is 1. The molecule has 0 spiro atoms. The number of carboxylic acid groups (broad SMARTS) is 1. The SMILES string of the molecule is COc1ccc(C(=O)/C(Cc2ccc(C#N)cc2)=C(/C(=O)O)c2ccc3nsnc3c2)cc1. The summed E-state index contributed by atoms with van der Waals surface area (Å²) < 4.78 is 13.5. The normalized spacial score (nSPS) is 11.5. The molecule has 0 amide bonds. The Hall–Kier alpha value is -4.35. The highest BCUT2D eigenvalue weighted by Crippen LogP contribution is 2.28. The number of nitrogens with zero attached hydrogens (tertiary/aromatic N) is 3. The summed E-state index contributed by atoms with van der Waals surface area (Å²) in [7, 11) is 1.53. The Morgan fingerprint density at radius 3 is 2.27 bits per heavy atom. The van der Waals surface area contributed by atoms with Crippen LogP contribution in [0.4, 0.5) is 0 Å². The number of carbonyl (C=O) groups excluding carboxylic acids is 1. The van der Waals surface area contributed by atoms with Gasteiger partial charge in [0, 0.05) is 17.6 Å². The van der Waals surface area contributed by atoms with Crippen molar-refractivity contribution < 1.29 is 19.4 Å². The lowest BCUT2D eigenvalue weighted by molar-refractivity contribution is -0.130. The molecule has 3 aromatic carbocycles. The zero-order valence-electron chi connectivity index (χ0n) is 17.5. The molecule has 33 heavy (non-hydrogen) atoms. The third-order valence-electron chi connectivity index (χ3n) is 5.15. The molecule has 7 nitrogen and oxygen atoms in total. The average molecular weight is 455 g/mol. The molecule has 0 saturated carbocycles. The quantitative estimate of drug-likeness (QED) is 0.322. The van der Waals surface area contributed by atoms with Gasteiger partial charge in [0.15, 0.2) is 5.78 Å². The van der Waals surface area contributed by atoms with Crippen LogP contribution in [0.2, 0.25) is 0 Å². The van der Waals surface area contributed by atoms with Crippen LogP contribution >= 0.6 is 11.7 Å². The molecule has 4 aromatic rings. The van der Waals surface area contributed by atoms with Gasteiger partial charge in [-0.2, -0.15) is 14.0 Å². The van der Waals surface area contributed by atoms with Crippen molar-refractivity contribution in [2.45, 2.75) is 6.42 Å². The van der Waals surface area contributed by atoms with E-state index in [1.165, 1.54) is 7.11 Å². The summed E-state index contributed by atoms with van der Waals surface area (Å²) in [6.45, 7) is 0. The zero-order valence-corrected chi connectivity index (χ0v) is 18.3. The Labute approximate surface area is 193 Å². The van der Waals surface area contributed by atoms with Gasteiger partial charge in [0.2, 0.25) is 0 Å². The monoisotopic (exact) mass is 455 g/mol. The molecule has 0 fully saturated rings. The number of hydrogen-bond acceptors (Lipinski definition) is 7. The molecule has 0 aliphatic carbocycles. The van der Waals surface area contributed by atoms with E-state index in [1.807, 2.05) is 0 Å². The van der Waals surface area contributed by atoms with E-state index >= 15 is 0 Å². The molecule has 1 aromatic heterocycles. The fourth-order valence-corrected chi connectivity index (χ4v) is 3.98. The van der Waals surface area contributed by atoms with Crippen LogP contribution in [0.15, 0.2) is 72.3 Å². The third kappa shape index (κ3) is 4.63. The molecule has 0 atom stereocenters. The highest BCUT2D eigenvalue weighted by atomic mass is 32.1. The van der Waals surface area contributed by atoms with E-state index in [0.29, 0.717) is 39.0 Å². The lowest BCUT2D eigenvalue weighted by atomic mass is 9.89. The number of ether oxygens (including phenoxy) is 1. The first-order valence-electron chi connectivity index (χ1n) is 9.87. The van der Waals surface area contributed by atoms with E-state index in [9.17, 15) is 14.7 Å². The third-order valence-corrected chi connectivity index (χ3v) is 5.71. The number of aromatic nitrogens is 2. The number of rotatable bonds is 7. The predicted octanol–water partition coefficient (Wildman–Crippen LogP) is 4.54. The molecular formula is C25H17N3O4S. The Balaban J connectivity index is 1.88. The molecule has 0 bridgehead atoms. The number of carboxylic acids is 1. The Morgan fingerprint density at radius 1 is 0.970 bits per heavy atom. The number of nitriles is 1. The van der Waals surface area contributed by atoms with Gasteiger partial charge in [-0.05, 0) is 59.7 Å². The summed E-state index contributed by atoms with van der Waals surface area (Å²) in [5.41, 5.74) is 3.14. The van der Waals surface area contributed by atoms with Gasteiger partial charge in [0.25, 0.3) is 0 Å². The molecule has 0 unspecified atom stereocenters. The van der Waals surface area contributed by atoms with Crippen molar-refractivity contribution in [3.05, 3.63) is 94.6 Å². The first kappa shape index (κ1) is 21.9.